The van der Waals surface area contributed by atoms with Crippen LogP contribution in [0.15, 0.2) is 53.2 Å². The Labute approximate surface area is 285 Å². The first-order valence-electron chi connectivity index (χ1n) is 15.5. The molecule has 16 heteroatoms. The maximum Gasteiger partial charge on any atom is 0.412 e. The van der Waals surface area contributed by atoms with E-state index in [2.05, 4.69) is 30.7 Å². The molecule has 4 N–H and O–H groups in total. The van der Waals surface area contributed by atoms with Crippen molar-refractivity contribution in [1.29, 1.82) is 0 Å². The van der Waals surface area contributed by atoms with Gasteiger partial charge in [-0.1, -0.05) is 47.1 Å². The van der Waals surface area contributed by atoms with Crippen molar-refractivity contribution in [2.45, 2.75) is 92.1 Å². The van der Waals surface area contributed by atoms with Crippen molar-refractivity contribution in [2.75, 3.05) is 34.0 Å². The van der Waals surface area contributed by atoms with Gasteiger partial charge in [0.15, 0.2) is 9.03 Å². The Balaban J connectivity index is -0.000000843. The summed E-state index contributed by atoms with van der Waals surface area (Å²) in [6.45, 7) is 14.3. The number of carboxylic acids is 1. The lowest BCUT2D eigenvalue weighted by molar-refractivity contribution is -0.134. The molecule has 0 spiro atoms. The van der Waals surface area contributed by atoms with Crippen molar-refractivity contribution in [3.05, 3.63) is 48.2 Å². The summed E-state index contributed by atoms with van der Waals surface area (Å²) in [6.07, 6.45) is 7.25. The Hall–Kier alpha value is -3.07. The molecule has 278 valence electrons. The van der Waals surface area contributed by atoms with E-state index in [9.17, 15) is 23.5 Å². The quantitative estimate of drug-likeness (QED) is 0.0350. The van der Waals surface area contributed by atoms with Gasteiger partial charge in [-0.2, -0.15) is 4.99 Å². The molecule has 48 heavy (non-hydrogen) atoms. The largest absolute Gasteiger partial charge is 0.481 e. The Kier molecular flexibility index (Phi) is 33.4. The van der Waals surface area contributed by atoms with Crippen LogP contribution in [0.2, 0.25) is 0 Å². The third-order valence-corrected chi connectivity index (χ3v) is 6.08. The molecular formula is C32H56F2N3O10P. The van der Waals surface area contributed by atoms with E-state index in [0.29, 0.717) is 25.7 Å². The van der Waals surface area contributed by atoms with Crippen LogP contribution in [-0.4, -0.2) is 96.9 Å². The van der Waals surface area contributed by atoms with Crippen LogP contribution < -0.4 is 5.32 Å². The van der Waals surface area contributed by atoms with Gasteiger partial charge in [-0.05, 0) is 37.5 Å². The van der Waals surface area contributed by atoms with Gasteiger partial charge in [0.1, 0.15) is 17.9 Å². The average molecular weight is 712 g/mol. The number of amidine groups is 1. The standard InChI is InChI=1S/C18H32N3O6P.C10H14F2O2.C2H4O2.C2H6/c1-5-6-7-10-25-18(23)20-16(19-13-22)8-9-21(3)17-14(2)11-15(27-17)12-26-28-24-4;1-7(10(14)3-4-13)5-9(12)6-8(2)11;1-2(3)4;1-2/h8-9,13-15,17,28H,5-7,10-12H2,1-4H3,(H,19,20,22,23);5-6,10,13-14H,1,3-4H2,2H3;1H3,(H,3,4);1-2H3/b9-8-;8-6+,9-5+;;. The number of alkyl carbamates (subject to hydrolysis) is 1. The number of allylic oxidation sites excluding steroid dienone is 3. The summed E-state index contributed by atoms with van der Waals surface area (Å²) in [5, 5.41) is 27.6. The molecule has 1 saturated heterocycles. The number of carbonyl (C=O) groups excluding carboxylic acids is 2. The summed E-state index contributed by atoms with van der Waals surface area (Å²) in [7, 11) is 3.45. The van der Waals surface area contributed by atoms with Crippen LogP contribution in [0.3, 0.4) is 0 Å². The van der Waals surface area contributed by atoms with Crippen LogP contribution in [0, 0.1) is 5.92 Å². The number of hydrogen-bond acceptors (Lipinski definition) is 10. The molecule has 0 aromatic carbocycles. The molecule has 0 bridgehead atoms. The lowest BCUT2D eigenvalue weighted by Crippen LogP contribution is -2.33. The highest BCUT2D eigenvalue weighted by atomic mass is 31.1. The lowest BCUT2D eigenvalue weighted by atomic mass is 10.1. The first-order valence-corrected chi connectivity index (χ1v) is 16.3. The predicted molar refractivity (Wildman–Crippen MR) is 184 cm³/mol. The molecule has 1 rings (SSSR count). The minimum atomic E-state index is -1.00. The van der Waals surface area contributed by atoms with Crippen LogP contribution >= 0.6 is 9.03 Å². The molecule has 0 aromatic rings. The Morgan fingerprint density at radius 2 is 1.85 bits per heavy atom. The number of aliphatic imine (C=N–C) groups is 1. The topological polar surface area (TPSA) is 176 Å². The number of halogens is 2. The van der Waals surface area contributed by atoms with Crippen LogP contribution in [0.1, 0.15) is 73.6 Å². The van der Waals surface area contributed by atoms with Crippen LogP contribution in [0.25, 0.3) is 0 Å². The number of aliphatic carboxylic acids is 1. The van der Waals surface area contributed by atoms with Crippen molar-refractivity contribution in [2.24, 2.45) is 10.9 Å². The molecule has 1 fully saturated rings. The Morgan fingerprint density at radius 1 is 1.23 bits per heavy atom. The first kappa shape index (κ1) is 49.3. The fourth-order valence-electron chi connectivity index (χ4n) is 3.63. The second-order valence-electron chi connectivity index (χ2n) is 9.91. The van der Waals surface area contributed by atoms with E-state index in [1.165, 1.54) is 6.08 Å². The fraction of sp³-hybridized carbons (Fsp3) is 0.625. The Bertz CT molecular complexity index is 1020. The molecule has 1 heterocycles. The van der Waals surface area contributed by atoms with E-state index in [1.807, 2.05) is 25.8 Å². The highest BCUT2D eigenvalue weighted by Gasteiger charge is 2.34. The monoisotopic (exact) mass is 711 g/mol. The normalized spacial score (nSPS) is 18.5. The van der Waals surface area contributed by atoms with Crippen molar-refractivity contribution in [3.63, 3.8) is 0 Å². The first-order chi connectivity index (χ1) is 22.7. The van der Waals surface area contributed by atoms with E-state index in [-0.39, 0.29) is 51.7 Å². The molecule has 2 amide bonds. The molecule has 13 nitrogen and oxygen atoms in total. The van der Waals surface area contributed by atoms with Crippen molar-refractivity contribution < 1.29 is 57.0 Å². The summed E-state index contributed by atoms with van der Waals surface area (Å²) >= 11 is 0. The molecule has 5 atom stereocenters. The number of amides is 2. The smallest absolute Gasteiger partial charge is 0.412 e. The number of ether oxygens (including phenoxy) is 2. The number of nitrogens with one attached hydrogen (secondary N) is 1. The maximum atomic E-state index is 12.8. The summed E-state index contributed by atoms with van der Waals surface area (Å²) in [5.74, 6) is -1.92. The molecule has 0 saturated carbocycles. The highest BCUT2D eigenvalue weighted by molar-refractivity contribution is 7.26. The number of aliphatic hydroxyl groups excluding tert-OH is 2. The lowest BCUT2D eigenvalue weighted by Gasteiger charge is -2.26. The van der Waals surface area contributed by atoms with Gasteiger partial charge in [-0.25, -0.2) is 13.6 Å². The van der Waals surface area contributed by atoms with Crippen LogP contribution in [0.5, 0.6) is 0 Å². The van der Waals surface area contributed by atoms with E-state index in [4.69, 9.17) is 33.5 Å². The second kappa shape index (κ2) is 32.5. The maximum absolute atomic E-state index is 12.8. The molecule has 5 unspecified atom stereocenters. The zero-order chi connectivity index (χ0) is 37.5. The van der Waals surface area contributed by atoms with Gasteiger partial charge in [0.2, 0.25) is 6.41 Å². The highest BCUT2D eigenvalue weighted by Crippen LogP contribution is 2.29. The SMILES string of the molecule is C=C(/C=C(F)\C=C(/C)F)C(O)CCO.CC.CC(=O)O.CCCCCOC(=O)NC(/C=C\N(C)C1OC(COPOC)CC1C)=NC=O. The van der Waals surface area contributed by atoms with Gasteiger partial charge in [0.25, 0.3) is 5.97 Å². The third-order valence-electron chi connectivity index (χ3n) is 5.63. The number of unbranched alkanes of at least 4 members (excludes halogenated alkanes) is 2. The van der Waals surface area contributed by atoms with Gasteiger partial charge in [0, 0.05) is 52.3 Å². The summed E-state index contributed by atoms with van der Waals surface area (Å²) in [4.78, 5) is 37.0. The molecule has 1 aliphatic heterocycles. The summed E-state index contributed by atoms with van der Waals surface area (Å²) in [5.41, 5.74) is 0.106. The number of rotatable bonds is 17. The molecular weight excluding hydrogens is 655 g/mol. The molecule has 0 aromatic heterocycles. The fourth-order valence-corrected chi connectivity index (χ4v) is 4.00. The van der Waals surface area contributed by atoms with Crippen LogP contribution in [0.4, 0.5) is 13.6 Å². The van der Waals surface area contributed by atoms with Crippen molar-refractivity contribution >= 4 is 33.3 Å². The zero-order valence-corrected chi connectivity index (χ0v) is 30.4. The minimum Gasteiger partial charge on any atom is -0.481 e. The van der Waals surface area contributed by atoms with Gasteiger partial charge < -0.3 is 38.7 Å². The van der Waals surface area contributed by atoms with E-state index in [0.717, 1.165) is 45.6 Å². The van der Waals surface area contributed by atoms with Gasteiger partial charge in [0.05, 0.1) is 31.2 Å². The Morgan fingerprint density at radius 3 is 2.38 bits per heavy atom. The van der Waals surface area contributed by atoms with Gasteiger partial charge in [-0.3, -0.25) is 14.9 Å². The molecule has 0 radical (unpaired) electrons. The average Bonchev–Trinajstić information content (AvgIpc) is 3.39. The van der Waals surface area contributed by atoms with Gasteiger partial charge in [-0.15, -0.1) is 0 Å². The van der Waals surface area contributed by atoms with E-state index in [1.54, 1.807) is 13.3 Å². The van der Waals surface area contributed by atoms with Crippen molar-refractivity contribution in [3.8, 4) is 0 Å². The summed E-state index contributed by atoms with van der Waals surface area (Å²) in [6, 6.07) is 0. The second-order valence-corrected chi connectivity index (χ2v) is 10.8. The zero-order valence-electron chi connectivity index (χ0n) is 29.4. The number of nitrogens with zero attached hydrogens (tertiary/aromatic N) is 2. The van der Waals surface area contributed by atoms with E-state index < -0.39 is 29.8 Å². The third kappa shape index (κ3) is 29.1. The minimum absolute atomic E-state index is 0.00200. The van der Waals surface area contributed by atoms with Crippen LogP contribution in [-0.2, 0) is 28.1 Å². The number of aliphatic hydroxyl groups is 2. The molecule has 1 aliphatic rings. The number of hydrogen-bond donors (Lipinski definition) is 4. The molecule has 0 aliphatic carbocycles. The summed E-state index contributed by atoms with van der Waals surface area (Å²) < 4.78 is 46.4. The predicted octanol–water partition coefficient (Wildman–Crippen LogP) is 5.96. The number of carbonyl (C=O) groups is 3. The van der Waals surface area contributed by atoms with Crippen molar-refractivity contribution in [1.82, 2.24) is 10.2 Å². The number of carboxylic acid groups (broad SMARTS) is 1. The van der Waals surface area contributed by atoms with E-state index >= 15 is 0 Å². The van der Waals surface area contributed by atoms with Gasteiger partial charge >= 0.3 is 6.09 Å².